The van der Waals surface area contributed by atoms with Crippen LogP contribution in [0.1, 0.15) is 12.8 Å². The van der Waals surface area contributed by atoms with E-state index in [1.807, 2.05) is 6.08 Å². The number of aliphatic imine (C=N–C) groups is 1. The van der Waals surface area contributed by atoms with Gasteiger partial charge in [-0.25, -0.2) is 0 Å². The first-order chi connectivity index (χ1) is 5.35. The van der Waals surface area contributed by atoms with Crippen LogP contribution in [0, 0.1) is 0 Å². The molecule has 0 amide bonds. The summed E-state index contributed by atoms with van der Waals surface area (Å²) in [7, 11) is 1.71. The van der Waals surface area contributed by atoms with Gasteiger partial charge >= 0.3 is 0 Å². The van der Waals surface area contributed by atoms with Crippen molar-refractivity contribution in [1.82, 2.24) is 0 Å². The summed E-state index contributed by atoms with van der Waals surface area (Å²) in [6, 6.07) is 0. The van der Waals surface area contributed by atoms with Crippen LogP contribution in [-0.2, 0) is 4.79 Å². The highest BCUT2D eigenvalue weighted by atomic mass is 16.1. The van der Waals surface area contributed by atoms with Gasteiger partial charge < -0.3 is 4.79 Å². The van der Waals surface area contributed by atoms with Crippen molar-refractivity contribution >= 4 is 12.5 Å². The first-order valence-electron chi connectivity index (χ1n) is 3.52. The zero-order chi connectivity index (χ0) is 8.53. The summed E-state index contributed by atoms with van der Waals surface area (Å²) in [5.41, 5.74) is 1.04. The Bertz CT molecular complexity index is 180. The summed E-state index contributed by atoms with van der Waals surface area (Å²) in [5.74, 6) is 0. The second-order valence-corrected chi connectivity index (χ2v) is 2.06. The molecule has 0 aromatic carbocycles. The van der Waals surface area contributed by atoms with Crippen LogP contribution in [0.5, 0.6) is 0 Å². The molecule has 0 aromatic rings. The van der Waals surface area contributed by atoms with Gasteiger partial charge in [-0.15, -0.1) is 0 Å². The largest absolute Gasteiger partial charge is 0.303 e. The normalized spacial score (nSPS) is 11.9. The van der Waals surface area contributed by atoms with Crippen LogP contribution in [0.3, 0.4) is 0 Å². The highest BCUT2D eigenvalue weighted by Gasteiger charge is 1.88. The monoisotopic (exact) mass is 151 g/mol. The van der Waals surface area contributed by atoms with Gasteiger partial charge in [0.15, 0.2) is 0 Å². The third-order valence-corrected chi connectivity index (χ3v) is 1.25. The van der Waals surface area contributed by atoms with Crippen LogP contribution in [0.4, 0.5) is 0 Å². The fraction of sp³-hybridized carbons (Fsp3) is 0.333. The maximum Gasteiger partial charge on any atom is 0.120 e. The van der Waals surface area contributed by atoms with E-state index < -0.39 is 0 Å². The highest BCUT2D eigenvalue weighted by Crippen LogP contribution is 2.02. The minimum Gasteiger partial charge on any atom is -0.303 e. The molecule has 0 saturated heterocycles. The Morgan fingerprint density at radius 1 is 1.64 bits per heavy atom. The number of hydrogen-bond donors (Lipinski definition) is 0. The summed E-state index contributed by atoms with van der Waals surface area (Å²) in [6.45, 7) is 3.62. The minimum absolute atomic E-state index is 0.551. The molecule has 11 heavy (non-hydrogen) atoms. The van der Waals surface area contributed by atoms with Gasteiger partial charge in [0.2, 0.25) is 0 Å². The van der Waals surface area contributed by atoms with Crippen molar-refractivity contribution in [3.63, 3.8) is 0 Å². The van der Waals surface area contributed by atoms with E-state index in [9.17, 15) is 4.79 Å². The summed E-state index contributed by atoms with van der Waals surface area (Å²) < 4.78 is 0. The Morgan fingerprint density at radius 3 is 2.82 bits per heavy atom. The average Bonchev–Trinajstić information content (AvgIpc) is 2.05. The van der Waals surface area contributed by atoms with Crippen LogP contribution in [0.2, 0.25) is 0 Å². The number of allylic oxidation sites excluding steroid dienone is 3. The number of rotatable bonds is 5. The molecule has 60 valence electrons. The molecule has 0 heterocycles. The molecule has 0 aromatic heterocycles. The number of carbonyl (C=O) groups is 1. The first-order valence-corrected chi connectivity index (χ1v) is 3.52. The molecular formula is C9H13NO. The second kappa shape index (κ2) is 6.93. The predicted octanol–water partition coefficient (Wildman–Crippen LogP) is 1.78. The van der Waals surface area contributed by atoms with Gasteiger partial charge in [-0.3, -0.25) is 4.99 Å². The summed E-state index contributed by atoms with van der Waals surface area (Å²) in [4.78, 5) is 13.8. The van der Waals surface area contributed by atoms with Crippen molar-refractivity contribution in [2.24, 2.45) is 4.99 Å². The Labute approximate surface area is 67.3 Å². The third-order valence-electron chi connectivity index (χ3n) is 1.25. The van der Waals surface area contributed by atoms with Gasteiger partial charge in [0.05, 0.1) is 0 Å². The topological polar surface area (TPSA) is 29.4 Å². The summed E-state index contributed by atoms with van der Waals surface area (Å²) >= 11 is 0. The van der Waals surface area contributed by atoms with Crippen LogP contribution in [0.25, 0.3) is 0 Å². The van der Waals surface area contributed by atoms with E-state index in [4.69, 9.17) is 0 Å². The second-order valence-electron chi connectivity index (χ2n) is 2.06. The molecule has 0 atom stereocenters. The molecule has 0 spiro atoms. The smallest absolute Gasteiger partial charge is 0.120 e. The molecule has 0 rings (SSSR count). The van der Waals surface area contributed by atoms with Crippen molar-refractivity contribution in [2.45, 2.75) is 12.8 Å². The molecule has 0 fully saturated rings. The van der Waals surface area contributed by atoms with E-state index in [2.05, 4.69) is 11.6 Å². The summed E-state index contributed by atoms with van der Waals surface area (Å²) in [6.07, 6.45) is 7.50. The van der Waals surface area contributed by atoms with Gasteiger partial charge in [0.1, 0.15) is 6.29 Å². The zero-order valence-corrected chi connectivity index (χ0v) is 6.79. The van der Waals surface area contributed by atoms with E-state index in [1.165, 1.54) is 0 Å². The lowest BCUT2D eigenvalue weighted by Crippen LogP contribution is -1.81. The molecule has 0 N–H and O–H groups in total. The lowest BCUT2D eigenvalue weighted by atomic mass is 10.1. The lowest BCUT2D eigenvalue weighted by molar-refractivity contribution is -0.107. The SMILES string of the molecule is C=C/C(=C\C=NC)CCC=O. The molecule has 0 aliphatic heterocycles. The van der Waals surface area contributed by atoms with Crippen molar-refractivity contribution < 1.29 is 4.79 Å². The maximum atomic E-state index is 10.0. The number of hydrogen-bond acceptors (Lipinski definition) is 2. The first kappa shape index (κ1) is 9.82. The van der Waals surface area contributed by atoms with E-state index in [-0.39, 0.29) is 0 Å². The Kier molecular flexibility index (Phi) is 6.19. The standard InChI is InChI=1S/C9H13NO/c1-3-9(5-4-8-11)6-7-10-2/h3,6-8H,1,4-5H2,2H3/b9-6+,10-7?. The molecule has 0 unspecified atom stereocenters. The average molecular weight is 151 g/mol. The predicted molar refractivity (Wildman–Crippen MR) is 48.0 cm³/mol. The van der Waals surface area contributed by atoms with Crippen LogP contribution >= 0.6 is 0 Å². The van der Waals surface area contributed by atoms with E-state index in [0.717, 1.165) is 18.3 Å². The fourth-order valence-electron chi connectivity index (χ4n) is 0.649. The van der Waals surface area contributed by atoms with E-state index in [1.54, 1.807) is 19.3 Å². The van der Waals surface area contributed by atoms with Gasteiger partial charge in [-0.05, 0) is 18.1 Å². The third kappa shape index (κ3) is 5.27. The number of nitrogens with zero attached hydrogens (tertiary/aromatic N) is 1. The lowest BCUT2D eigenvalue weighted by Gasteiger charge is -1.93. The molecule has 0 saturated carbocycles. The van der Waals surface area contributed by atoms with Crippen LogP contribution in [0.15, 0.2) is 29.3 Å². The van der Waals surface area contributed by atoms with Gasteiger partial charge in [-0.1, -0.05) is 12.7 Å². The molecule has 0 aliphatic carbocycles. The molecule has 2 nitrogen and oxygen atoms in total. The minimum atomic E-state index is 0.551. The van der Waals surface area contributed by atoms with Crippen molar-refractivity contribution in [1.29, 1.82) is 0 Å². The maximum absolute atomic E-state index is 10.0. The highest BCUT2D eigenvalue weighted by molar-refractivity contribution is 5.72. The van der Waals surface area contributed by atoms with Gasteiger partial charge in [0, 0.05) is 19.7 Å². The van der Waals surface area contributed by atoms with Crippen molar-refractivity contribution in [2.75, 3.05) is 7.05 Å². The molecule has 0 aliphatic rings. The Hall–Kier alpha value is -1.18. The quantitative estimate of drug-likeness (QED) is 0.334. The summed E-state index contributed by atoms with van der Waals surface area (Å²) in [5, 5.41) is 0. The molecule has 2 heteroatoms. The number of aldehydes is 1. The Balaban J connectivity index is 3.92. The van der Waals surface area contributed by atoms with Crippen LogP contribution in [-0.4, -0.2) is 19.5 Å². The van der Waals surface area contributed by atoms with Crippen molar-refractivity contribution in [3.05, 3.63) is 24.3 Å². The van der Waals surface area contributed by atoms with Crippen molar-refractivity contribution in [3.8, 4) is 0 Å². The zero-order valence-electron chi connectivity index (χ0n) is 6.79. The van der Waals surface area contributed by atoms with Gasteiger partial charge in [0.25, 0.3) is 0 Å². The van der Waals surface area contributed by atoms with Crippen LogP contribution < -0.4 is 0 Å². The number of carbonyl (C=O) groups excluding carboxylic acids is 1. The molecule has 0 radical (unpaired) electrons. The van der Waals surface area contributed by atoms with Gasteiger partial charge in [-0.2, -0.15) is 0 Å². The molecule has 0 bridgehead atoms. The van der Waals surface area contributed by atoms with E-state index >= 15 is 0 Å². The molecular weight excluding hydrogens is 138 g/mol. The Morgan fingerprint density at radius 2 is 2.36 bits per heavy atom. The van der Waals surface area contributed by atoms with E-state index in [0.29, 0.717) is 6.42 Å². The fourth-order valence-corrected chi connectivity index (χ4v) is 0.649.